The molecule has 0 fully saturated rings. The molecule has 0 saturated carbocycles. The Balaban J connectivity index is 0. The molecule has 0 aliphatic rings. The van der Waals surface area contributed by atoms with E-state index in [9.17, 15) is 4.79 Å². The van der Waals surface area contributed by atoms with Gasteiger partial charge in [-0.25, -0.2) is 18.7 Å². The molecule has 0 aromatic rings. The van der Waals surface area contributed by atoms with Crippen molar-refractivity contribution in [2.24, 2.45) is 5.73 Å². The summed E-state index contributed by atoms with van der Waals surface area (Å²) in [6.45, 7) is 0. The van der Waals surface area contributed by atoms with Crippen molar-refractivity contribution in [3.05, 3.63) is 6.04 Å². The molecular formula is C3H6NO2ReS-. The zero-order chi connectivity index (χ0) is 5.86. The summed E-state index contributed by atoms with van der Waals surface area (Å²) in [6, 6.07) is -0.122. The molecule has 0 unspecified atom stereocenters. The van der Waals surface area contributed by atoms with Crippen molar-refractivity contribution in [3.8, 4) is 0 Å². The Morgan fingerprint density at radius 3 is 2.25 bits per heavy atom. The van der Waals surface area contributed by atoms with E-state index >= 15 is 0 Å². The van der Waals surface area contributed by atoms with Gasteiger partial charge in [0.25, 0.3) is 0 Å². The normalized spacial score (nSPS) is 7.25. The van der Waals surface area contributed by atoms with E-state index in [1.165, 1.54) is 0 Å². The van der Waals surface area contributed by atoms with Crippen molar-refractivity contribution < 1.29 is 30.3 Å². The largest absolute Gasteiger partial charge is 0.502 e. The zero-order valence-corrected chi connectivity index (χ0v) is 7.58. The molecule has 5 heteroatoms. The minimum atomic E-state index is -1.09. The van der Waals surface area contributed by atoms with Gasteiger partial charge in [-0.15, -0.1) is 0 Å². The maximum Gasteiger partial charge on any atom is 0.180 e. The van der Waals surface area contributed by atoms with Crippen LogP contribution in [0.1, 0.15) is 0 Å². The quantitative estimate of drug-likeness (QED) is 0.476. The van der Waals surface area contributed by atoms with Crippen LogP contribution in [0.4, 0.5) is 0 Å². The Hall–Kier alpha value is 0.312. The van der Waals surface area contributed by atoms with Gasteiger partial charge in [-0.1, -0.05) is 5.75 Å². The minimum Gasteiger partial charge on any atom is -0.502 e. The maximum absolute atomic E-state index is 9.72. The summed E-state index contributed by atoms with van der Waals surface area (Å²) in [5, 5.41) is 7.97. The molecule has 1 radical (unpaired) electrons. The SMILES string of the molecule is N[C-](CS)C(=O)O.[Re]. The molecule has 0 aliphatic carbocycles. The zero-order valence-electron chi connectivity index (χ0n) is 3.97. The third-order valence-corrected chi connectivity index (χ3v) is 0.786. The van der Waals surface area contributed by atoms with Gasteiger partial charge < -0.3 is 10.8 Å². The van der Waals surface area contributed by atoms with E-state index in [4.69, 9.17) is 10.8 Å². The molecule has 3 N–H and O–H groups in total. The van der Waals surface area contributed by atoms with Crippen LogP contribution in [0.5, 0.6) is 0 Å². The molecule has 0 bridgehead atoms. The fraction of sp³-hybridized carbons (Fsp3) is 0.333. The molecule has 0 amide bonds. The molecule has 0 spiro atoms. The van der Waals surface area contributed by atoms with E-state index in [1.807, 2.05) is 0 Å². The topological polar surface area (TPSA) is 63.3 Å². The Bertz CT molecular complexity index is 79.7. The summed E-state index contributed by atoms with van der Waals surface area (Å²) in [7, 11) is 0. The predicted octanol–water partition coefficient (Wildman–Crippen LogP) is -0.511. The van der Waals surface area contributed by atoms with Crippen LogP contribution in [0.2, 0.25) is 0 Å². The van der Waals surface area contributed by atoms with Crippen LogP contribution in [0.3, 0.4) is 0 Å². The van der Waals surface area contributed by atoms with E-state index in [1.54, 1.807) is 0 Å². The van der Waals surface area contributed by atoms with Gasteiger partial charge in [-0.3, -0.25) is 4.79 Å². The first-order valence-electron chi connectivity index (χ1n) is 1.64. The summed E-state index contributed by atoms with van der Waals surface area (Å²) >= 11 is 3.61. The predicted molar refractivity (Wildman–Crippen MR) is 28.9 cm³/mol. The van der Waals surface area contributed by atoms with Crippen LogP contribution in [-0.2, 0) is 25.2 Å². The van der Waals surface area contributed by atoms with Crippen LogP contribution >= 0.6 is 12.6 Å². The number of nitrogens with two attached hydrogens (primary N) is 1. The average molecular weight is 306 g/mol. The second-order valence-corrected chi connectivity index (χ2v) is 1.30. The Kier molecular flexibility index (Phi) is 7.60. The number of carboxylic acid groups (broad SMARTS) is 1. The molecular weight excluding hydrogens is 300 g/mol. The number of carbonyl (C=O) groups is 1. The van der Waals surface area contributed by atoms with Gasteiger partial charge in [0.15, 0.2) is 5.97 Å². The van der Waals surface area contributed by atoms with Gasteiger partial charge in [0.2, 0.25) is 0 Å². The Morgan fingerprint density at radius 2 is 2.25 bits per heavy atom. The van der Waals surface area contributed by atoms with Crippen molar-refractivity contribution >= 4 is 18.6 Å². The van der Waals surface area contributed by atoms with Gasteiger partial charge in [0.05, 0.1) is 0 Å². The van der Waals surface area contributed by atoms with Gasteiger partial charge in [0, 0.05) is 20.4 Å². The van der Waals surface area contributed by atoms with Gasteiger partial charge in [-0.2, -0.15) is 0 Å². The van der Waals surface area contributed by atoms with Gasteiger partial charge in [0.1, 0.15) is 0 Å². The van der Waals surface area contributed by atoms with Crippen molar-refractivity contribution in [2.75, 3.05) is 5.75 Å². The van der Waals surface area contributed by atoms with E-state index < -0.39 is 5.97 Å². The Labute approximate surface area is 66.7 Å². The minimum absolute atomic E-state index is 0. The maximum atomic E-state index is 9.72. The summed E-state index contributed by atoms with van der Waals surface area (Å²) in [5.41, 5.74) is 4.86. The van der Waals surface area contributed by atoms with Gasteiger partial charge in [-0.05, 0) is 0 Å². The fourth-order valence-corrected chi connectivity index (χ4v) is 0.203. The smallest absolute Gasteiger partial charge is 0.180 e. The molecule has 0 aromatic carbocycles. The number of aliphatic carboxylic acids is 1. The van der Waals surface area contributed by atoms with Crippen molar-refractivity contribution in [1.29, 1.82) is 0 Å². The number of hydrogen-bond acceptors (Lipinski definition) is 3. The molecule has 0 atom stereocenters. The van der Waals surface area contributed by atoms with E-state index in [0.29, 0.717) is 0 Å². The fourth-order valence-electron chi connectivity index (χ4n) is 0.0676. The Morgan fingerprint density at radius 1 is 1.88 bits per heavy atom. The molecule has 0 heterocycles. The number of thiol groups is 1. The first-order chi connectivity index (χ1) is 3.18. The average Bonchev–Trinajstić information content (AvgIpc) is 1.65. The number of carboxylic acids is 1. The van der Waals surface area contributed by atoms with Gasteiger partial charge >= 0.3 is 0 Å². The number of hydrogen-bond donors (Lipinski definition) is 3. The summed E-state index contributed by atoms with van der Waals surface area (Å²) in [5.74, 6) is -0.981. The van der Waals surface area contributed by atoms with Crippen LogP contribution in [0.15, 0.2) is 0 Å². The summed E-state index contributed by atoms with van der Waals surface area (Å²) in [4.78, 5) is 9.72. The number of rotatable bonds is 2. The van der Waals surface area contributed by atoms with Crippen LogP contribution in [0, 0.1) is 6.04 Å². The first kappa shape index (κ1) is 11.2. The second kappa shape index (κ2) is 5.45. The van der Waals surface area contributed by atoms with Crippen molar-refractivity contribution in [3.63, 3.8) is 0 Å². The van der Waals surface area contributed by atoms with Crippen LogP contribution < -0.4 is 5.73 Å². The van der Waals surface area contributed by atoms with E-state index in [-0.39, 0.29) is 32.2 Å². The van der Waals surface area contributed by atoms with Crippen LogP contribution in [-0.4, -0.2) is 16.8 Å². The molecule has 0 saturated heterocycles. The molecule has 0 aliphatic heterocycles. The molecule has 8 heavy (non-hydrogen) atoms. The third kappa shape index (κ3) is 4.47. The first-order valence-corrected chi connectivity index (χ1v) is 2.27. The third-order valence-electron chi connectivity index (χ3n) is 0.445. The second-order valence-electron chi connectivity index (χ2n) is 0.989. The standard InChI is InChI=1S/C3H6NO2S.Re/c4-2(1-7)3(5)6;/h7H,1,4H2,(H,5,6);/q-1;. The molecule has 0 rings (SSSR count). The molecule has 0 aromatic heterocycles. The van der Waals surface area contributed by atoms with E-state index in [0.717, 1.165) is 0 Å². The monoisotopic (exact) mass is 307 g/mol. The summed E-state index contributed by atoms with van der Waals surface area (Å²) < 4.78 is 0. The summed E-state index contributed by atoms with van der Waals surface area (Å²) in [6.07, 6.45) is 0. The molecule has 49 valence electrons. The molecule has 3 nitrogen and oxygen atoms in total. The van der Waals surface area contributed by atoms with E-state index in [2.05, 4.69) is 12.6 Å². The van der Waals surface area contributed by atoms with Crippen molar-refractivity contribution in [2.45, 2.75) is 0 Å². The van der Waals surface area contributed by atoms with Crippen LogP contribution in [0.25, 0.3) is 0 Å². The van der Waals surface area contributed by atoms with Crippen molar-refractivity contribution in [1.82, 2.24) is 0 Å².